The molecule has 0 spiro atoms. The molecule has 0 radical (unpaired) electrons. The lowest BCUT2D eigenvalue weighted by atomic mass is 10.2. The van der Waals surface area contributed by atoms with Crippen LogP contribution in [-0.2, 0) is 16.6 Å². The molecule has 0 atom stereocenters. The summed E-state index contributed by atoms with van der Waals surface area (Å²) in [7, 11) is -3.62. The largest absolute Gasteiger partial charge is 0.263 e. The summed E-state index contributed by atoms with van der Waals surface area (Å²) in [6.45, 7) is 0.0657. The topological polar surface area (TPSA) is 84.8 Å². The van der Waals surface area contributed by atoms with E-state index in [9.17, 15) is 8.42 Å². The van der Waals surface area contributed by atoms with Crippen LogP contribution in [0.2, 0.25) is 0 Å². The number of hydrogen-bond acceptors (Lipinski definition) is 6. The Kier molecular flexibility index (Phi) is 4.23. The summed E-state index contributed by atoms with van der Waals surface area (Å²) in [4.78, 5) is 12.5. The Balaban J connectivity index is 1.83. The molecule has 0 aliphatic rings. The van der Waals surface area contributed by atoms with Crippen molar-refractivity contribution in [3.05, 3.63) is 59.4 Å². The molecule has 0 aromatic carbocycles. The van der Waals surface area contributed by atoms with Crippen molar-refractivity contribution in [1.29, 1.82) is 0 Å². The van der Waals surface area contributed by atoms with E-state index in [0.29, 0.717) is 11.4 Å². The highest BCUT2D eigenvalue weighted by Crippen LogP contribution is 2.22. The van der Waals surface area contributed by atoms with E-state index in [1.807, 2.05) is 16.8 Å². The summed E-state index contributed by atoms with van der Waals surface area (Å²) in [6.07, 6.45) is 5.96. The first kappa shape index (κ1) is 14.8. The minimum atomic E-state index is -3.62. The van der Waals surface area contributed by atoms with Crippen LogP contribution in [-0.4, -0.2) is 23.4 Å². The van der Waals surface area contributed by atoms with Crippen LogP contribution in [0.4, 0.5) is 0 Å². The van der Waals surface area contributed by atoms with Crippen molar-refractivity contribution in [3.63, 3.8) is 0 Å². The minimum absolute atomic E-state index is 0.0657. The van der Waals surface area contributed by atoms with Gasteiger partial charge in [0.15, 0.2) is 0 Å². The Labute approximate surface area is 132 Å². The molecule has 0 saturated heterocycles. The molecule has 0 amide bonds. The van der Waals surface area contributed by atoms with E-state index in [1.54, 1.807) is 29.8 Å². The molecule has 0 bridgehead atoms. The second-order valence-electron chi connectivity index (χ2n) is 4.38. The molecular formula is C14H12N4O2S2. The number of nitrogens with zero attached hydrogens (tertiary/aromatic N) is 3. The highest BCUT2D eigenvalue weighted by atomic mass is 32.2. The first-order valence-corrected chi connectivity index (χ1v) is 8.81. The van der Waals surface area contributed by atoms with Gasteiger partial charge in [-0.15, -0.1) is 0 Å². The molecular weight excluding hydrogens is 320 g/mol. The second-order valence-corrected chi connectivity index (χ2v) is 6.92. The van der Waals surface area contributed by atoms with E-state index < -0.39 is 10.0 Å². The van der Waals surface area contributed by atoms with E-state index in [0.717, 1.165) is 5.56 Å². The van der Waals surface area contributed by atoms with Crippen molar-refractivity contribution in [3.8, 4) is 11.3 Å². The Morgan fingerprint density at radius 2 is 2.00 bits per heavy atom. The number of thiophene rings is 1. The summed E-state index contributed by atoms with van der Waals surface area (Å²) in [6, 6.07) is 4.99. The second kappa shape index (κ2) is 6.30. The van der Waals surface area contributed by atoms with Gasteiger partial charge in [0.05, 0.1) is 17.9 Å². The summed E-state index contributed by atoms with van der Waals surface area (Å²) in [5.41, 5.74) is 2.18. The van der Waals surface area contributed by atoms with Gasteiger partial charge in [-0.3, -0.25) is 15.0 Å². The van der Waals surface area contributed by atoms with Gasteiger partial charge >= 0.3 is 0 Å². The molecule has 0 aliphatic heterocycles. The fourth-order valence-electron chi connectivity index (χ4n) is 1.89. The Hall–Kier alpha value is -2.16. The Morgan fingerprint density at radius 1 is 1.14 bits per heavy atom. The molecule has 0 unspecified atom stereocenters. The number of hydrogen-bond donors (Lipinski definition) is 1. The number of rotatable bonds is 5. The molecule has 3 heterocycles. The number of aromatic nitrogens is 3. The zero-order valence-corrected chi connectivity index (χ0v) is 13.0. The standard InChI is InChI=1S/C14H12N4O2S2/c19-22(20,12-2-1-4-15-8-12)18-9-13-14(17-6-5-16-13)11-3-7-21-10-11/h1-8,10,18H,9H2. The molecule has 3 rings (SSSR count). The minimum Gasteiger partial charge on any atom is -0.263 e. The van der Waals surface area contributed by atoms with Crippen molar-refractivity contribution in [2.45, 2.75) is 11.4 Å². The quantitative estimate of drug-likeness (QED) is 0.773. The summed E-state index contributed by atoms with van der Waals surface area (Å²) < 4.78 is 26.9. The van der Waals surface area contributed by atoms with Gasteiger partial charge < -0.3 is 0 Å². The smallest absolute Gasteiger partial charge is 0.242 e. The first-order chi connectivity index (χ1) is 10.7. The van der Waals surface area contributed by atoms with Crippen molar-refractivity contribution in [1.82, 2.24) is 19.7 Å². The van der Waals surface area contributed by atoms with E-state index in [-0.39, 0.29) is 11.4 Å². The zero-order valence-electron chi connectivity index (χ0n) is 11.4. The van der Waals surface area contributed by atoms with Crippen LogP contribution in [0.15, 0.2) is 58.6 Å². The van der Waals surface area contributed by atoms with Gasteiger partial charge in [0.2, 0.25) is 10.0 Å². The maximum atomic E-state index is 12.2. The molecule has 8 heteroatoms. The molecule has 3 aromatic heterocycles. The lowest BCUT2D eigenvalue weighted by Crippen LogP contribution is -2.24. The number of pyridine rings is 1. The molecule has 0 aliphatic carbocycles. The van der Waals surface area contributed by atoms with Crippen molar-refractivity contribution >= 4 is 21.4 Å². The predicted molar refractivity (Wildman–Crippen MR) is 83.6 cm³/mol. The number of nitrogens with one attached hydrogen (secondary N) is 1. The van der Waals surface area contributed by atoms with Crippen molar-refractivity contribution < 1.29 is 8.42 Å². The molecule has 3 aromatic rings. The lowest BCUT2D eigenvalue weighted by Gasteiger charge is -2.08. The maximum Gasteiger partial charge on any atom is 0.242 e. The summed E-state index contributed by atoms with van der Waals surface area (Å²) in [5, 5.41) is 3.89. The molecule has 6 nitrogen and oxygen atoms in total. The van der Waals surface area contributed by atoms with Crippen molar-refractivity contribution in [2.75, 3.05) is 0 Å². The SMILES string of the molecule is O=S(=O)(NCc1nccnc1-c1ccsc1)c1cccnc1. The normalized spacial score (nSPS) is 11.5. The average Bonchev–Trinajstić information content (AvgIpc) is 3.08. The van der Waals surface area contributed by atoms with Crippen LogP contribution in [0, 0.1) is 0 Å². The van der Waals surface area contributed by atoms with Crippen LogP contribution in [0.1, 0.15) is 5.69 Å². The van der Waals surface area contributed by atoms with E-state index in [2.05, 4.69) is 19.7 Å². The molecule has 1 N–H and O–H groups in total. The van der Waals surface area contributed by atoms with Gasteiger partial charge in [0, 0.05) is 35.7 Å². The molecule has 22 heavy (non-hydrogen) atoms. The maximum absolute atomic E-state index is 12.2. The van der Waals surface area contributed by atoms with Gasteiger partial charge in [0.1, 0.15) is 4.90 Å². The van der Waals surface area contributed by atoms with Crippen LogP contribution in [0.25, 0.3) is 11.3 Å². The predicted octanol–water partition coefficient (Wildman–Crippen LogP) is 2.08. The van der Waals surface area contributed by atoms with Crippen LogP contribution >= 0.6 is 11.3 Å². The lowest BCUT2D eigenvalue weighted by molar-refractivity contribution is 0.580. The van der Waals surface area contributed by atoms with Gasteiger partial charge in [-0.1, -0.05) is 0 Å². The van der Waals surface area contributed by atoms with Crippen LogP contribution < -0.4 is 4.72 Å². The zero-order chi connectivity index (χ0) is 15.4. The van der Waals surface area contributed by atoms with Crippen LogP contribution in [0.3, 0.4) is 0 Å². The first-order valence-electron chi connectivity index (χ1n) is 6.39. The average molecular weight is 332 g/mol. The highest BCUT2D eigenvalue weighted by Gasteiger charge is 2.16. The van der Waals surface area contributed by atoms with Gasteiger partial charge in [0.25, 0.3) is 0 Å². The van der Waals surface area contributed by atoms with E-state index >= 15 is 0 Å². The third-order valence-electron chi connectivity index (χ3n) is 2.94. The fraction of sp³-hybridized carbons (Fsp3) is 0.0714. The molecule has 0 saturated carbocycles. The third kappa shape index (κ3) is 3.19. The highest BCUT2D eigenvalue weighted by molar-refractivity contribution is 7.89. The molecule has 112 valence electrons. The van der Waals surface area contributed by atoms with E-state index in [4.69, 9.17) is 0 Å². The summed E-state index contributed by atoms with van der Waals surface area (Å²) in [5.74, 6) is 0. The van der Waals surface area contributed by atoms with Gasteiger partial charge in [-0.2, -0.15) is 11.3 Å². The Bertz CT molecular complexity index is 850. The Morgan fingerprint density at radius 3 is 2.73 bits per heavy atom. The monoisotopic (exact) mass is 332 g/mol. The van der Waals surface area contributed by atoms with Crippen molar-refractivity contribution in [2.24, 2.45) is 0 Å². The van der Waals surface area contributed by atoms with Gasteiger partial charge in [-0.05, 0) is 23.6 Å². The molecule has 0 fully saturated rings. The number of sulfonamides is 1. The fourth-order valence-corrected chi connectivity index (χ4v) is 3.48. The summed E-state index contributed by atoms with van der Waals surface area (Å²) >= 11 is 1.55. The van der Waals surface area contributed by atoms with E-state index in [1.165, 1.54) is 18.5 Å². The van der Waals surface area contributed by atoms with Gasteiger partial charge in [-0.25, -0.2) is 13.1 Å². The van der Waals surface area contributed by atoms with Crippen LogP contribution in [0.5, 0.6) is 0 Å². The third-order valence-corrected chi connectivity index (χ3v) is 5.01.